The third-order valence-electron chi connectivity index (χ3n) is 4.05. The maximum absolute atomic E-state index is 12.6. The highest BCUT2D eigenvalue weighted by Crippen LogP contribution is 2.28. The lowest BCUT2D eigenvalue weighted by Crippen LogP contribution is -2.45. The van der Waals surface area contributed by atoms with Gasteiger partial charge in [0.1, 0.15) is 5.41 Å². The second-order valence-electron chi connectivity index (χ2n) is 6.19. The first-order valence-corrected chi connectivity index (χ1v) is 8.09. The first-order chi connectivity index (χ1) is 11.5. The summed E-state index contributed by atoms with van der Waals surface area (Å²) in [7, 11) is 0. The number of anilines is 2. The van der Waals surface area contributed by atoms with Crippen LogP contribution >= 0.6 is 0 Å². The van der Waals surface area contributed by atoms with Gasteiger partial charge in [0.2, 0.25) is 11.8 Å². The first-order valence-electron chi connectivity index (χ1n) is 8.09. The lowest BCUT2D eigenvalue weighted by atomic mass is 9.91. The third kappa shape index (κ3) is 4.14. The quantitative estimate of drug-likeness (QED) is 0.616. The van der Waals surface area contributed by atoms with E-state index < -0.39 is 5.41 Å². The Balaban J connectivity index is 2.13. The number of nitrogens with one attached hydrogen (secondary N) is 2. The Morgan fingerprint density at radius 2 is 1.92 bits per heavy atom. The van der Waals surface area contributed by atoms with Crippen molar-refractivity contribution in [3.63, 3.8) is 0 Å². The van der Waals surface area contributed by atoms with E-state index in [0.717, 1.165) is 18.8 Å². The van der Waals surface area contributed by atoms with Crippen molar-refractivity contribution in [2.24, 2.45) is 5.41 Å². The highest BCUT2D eigenvalue weighted by Gasteiger charge is 2.36. The fourth-order valence-electron chi connectivity index (χ4n) is 2.43. The first kappa shape index (κ1) is 18.0. The summed E-state index contributed by atoms with van der Waals surface area (Å²) < 4.78 is 5.38. The molecule has 1 heterocycles. The molecule has 2 amide bonds. The van der Waals surface area contributed by atoms with Crippen LogP contribution in [0.5, 0.6) is 0 Å². The van der Waals surface area contributed by atoms with Gasteiger partial charge < -0.3 is 20.3 Å². The molecule has 1 aromatic carbocycles. The number of hydrogen-bond acceptors (Lipinski definition) is 4. The molecule has 1 aromatic rings. The molecule has 0 aliphatic carbocycles. The smallest absolute Gasteiger partial charge is 0.239 e. The number of amides is 2. The molecule has 130 valence electrons. The average molecular weight is 331 g/mol. The molecule has 0 aromatic heterocycles. The second-order valence-corrected chi connectivity index (χ2v) is 6.19. The van der Waals surface area contributed by atoms with Crippen LogP contribution in [0.1, 0.15) is 13.8 Å². The van der Waals surface area contributed by atoms with E-state index in [9.17, 15) is 9.59 Å². The minimum Gasteiger partial charge on any atom is -0.378 e. The highest BCUT2D eigenvalue weighted by molar-refractivity contribution is 6.10. The number of ether oxygens (including phenoxy) is 1. The molecule has 0 bridgehead atoms. The van der Waals surface area contributed by atoms with Gasteiger partial charge in [-0.25, -0.2) is 0 Å². The molecular weight excluding hydrogens is 306 g/mol. The van der Waals surface area contributed by atoms with Gasteiger partial charge in [0, 0.05) is 19.6 Å². The van der Waals surface area contributed by atoms with E-state index in [2.05, 4.69) is 22.1 Å². The molecule has 2 N–H and O–H groups in total. The van der Waals surface area contributed by atoms with E-state index in [0.29, 0.717) is 25.4 Å². The number of para-hydroxylation sites is 2. The highest BCUT2D eigenvalue weighted by atomic mass is 16.5. The van der Waals surface area contributed by atoms with E-state index in [1.165, 1.54) is 0 Å². The van der Waals surface area contributed by atoms with Gasteiger partial charge >= 0.3 is 0 Å². The zero-order chi connectivity index (χ0) is 17.6. The molecule has 1 saturated heterocycles. The summed E-state index contributed by atoms with van der Waals surface area (Å²) in [4.78, 5) is 27.0. The van der Waals surface area contributed by atoms with Crippen LogP contribution in [-0.4, -0.2) is 44.7 Å². The minimum atomic E-state index is -1.18. The average Bonchev–Trinajstić information content (AvgIpc) is 2.60. The summed E-state index contributed by atoms with van der Waals surface area (Å²) in [5.74, 6) is -0.673. The Bertz CT molecular complexity index is 607. The van der Waals surface area contributed by atoms with E-state index in [1.54, 1.807) is 19.9 Å². The zero-order valence-corrected chi connectivity index (χ0v) is 14.3. The van der Waals surface area contributed by atoms with Gasteiger partial charge in [-0.15, -0.1) is 6.58 Å². The lowest BCUT2D eigenvalue weighted by Gasteiger charge is -2.31. The summed E-state index contributed by atoms with van der Waals surface area (Å²) in [6.45, 7) is 9.99. The molecule has 0 saturated carbocycles. The molecule has 0 radical (unpaired) electrons. The Hall–Kier alpha value is -2.34. The number of hydrogen-bond donors (Lipinski definition) is 2. The predicted molar refractivity (Wildman–Crippen MR) is 95.1 cm³/mol. The SMILES string of the molecule is C=CCNC(=O)C(C)(C)C(=O)Nc1ccccc1N1CCOCC1. The molecule has 0 unspecified atom stereocenters. The Labute approximate surface area is 142 Å². The van der Waals surface area contributed by atoms with E-state index in [4.69, 9.17) is 4.74 Å². The number of morpholine rings is 1. The molecule has 1 fully saturated rings. The normalized spacial score (nSPS) is 14.8. The predicted octanol–water partition coefficient (Wildman–Crippen LogP) is 1.79. The molecule has 24 heavy (non-hydrogen) atoms. The van der Waals surface area contributed by atoms with Crippen molar-refractivity contribution < 1.29 is 14.3 Å². The fourth-order valence-corrected chi connectivity index (χ4v) is 2.43. The maximum atomic E-state index is 12.6. The second kappa shape index (κ2) is 7.97. The van der Waals surface area contributed by atoms with Gasteiger partial charge in [0.15, 0.2) is 0 Å². The molecule has 2 rings (SSSR count). The van der Waals surface area contributed by atoms with Gasteiger partial charge in [-0.2, -0.15) is 0 Å². The number of benzene rings is 1. The molecule has 0 spiro atoms. The summed E-state index contributed by atoms with van der Waals surface area (Å²) in [5.41, 5.74) is 0.464. The monoisotopic (exact) mass is 331 g/mol. The van der Waals surface area contributed by atoms with Crippen molar-refractivity contribution in [3.05, 3.63) is 36.9 Å². The van der Waals surface area contributed by atoms with Gasteiger partial charge in [-0.05, 0) is 26.0 Å². The van der Waals surface area contributed by atoms with Crippen LogP contribution in [0, 0.1) is 5.41 Å². The standard InChI is InChI=1S/C18H25N3O3/c1-4-9-19-16(22)18(2,3)17(23)20-14-7-5-6-8-15(14)21-10-12-24-13-11-21/h4-8H,1,9-13H2,2-3H3,(H,19,22)(H,20,23). The third-order valence-corrected chi connectivity index (χ3v) is 4.05. The summed E-state index contributed by atoms with van der Waals surface area (Å²) >= 11 is 0. The summed E-state index contributed by atoms with van der Waals surface area (Å²) in [5, 5.41) is 5.57. The van der Waals surface area contributed by atoms with E-state index in [1.807, 2.05) is 24.3 Å². The van der Waals surface area contributed by atoms with Crippen LogP contribution in [0.25, 0.3) is 0 Å². The van der Waals surface area contributed by atoms with Crippen molar-refractivity contribution in [1.29, 1.82) is 0 Å². The Morgan fingerprint density at radius 3 is 2.58 bits per heavy atom. The van der Waals surface area contributed by atoms with E-state index in [-0.39, 0.29) is 11.8 Å². The van der Waals surface area contributed by atoms with Crippen LogP contribution in [0.3, 0.4) is 0 Å². The van der Waals surface area contributed by atoms with Crippen molar-refractivity contribution in [2.75, 3.05) is 43.1 Å². The zero-order valence-electron chi connectivity index (χ0n) is 14.3. The summed E-state index contributed by atoms with van der Waals surface area (Å²) in [6.07, 6.45) is 1.58. The number of carbonyl (C=O) groups is 2. The number of carbonyl (C=O) groups excluding carboxylic acids is 2. The molecule has 1 aliphatic rings. The number of rotatable bonds is 6. The van der Waals surface area contributed by atoms with Crippen LogP contribution in [0.15, 0.2) is 36.9 Å². The Morgan fingerprint density at radius 1 is 1.25 bits per heavy atom. The molecular formula is C18H25N3O3. The molecule has 6 nitrogen and oxygen atoms in total. The van der Waals surface area contributed by atoms with E-state index >= 15 is 0 Å². The fraction of sp³-hybridized carbons (Fsp3) is 0.444. The van der Waals surface area contributed by atoms with Gasteiger partial charge in [-0.3, -0.25) is 9.59 Å². The number of nitrogens with zero attached hydrogens (tertiary/aromatic N) is 1. The van der Waals surface area contributed by atoms with Crippen LogP contribution in [-0.2, 0) is 14.3 Å². The maximum Gasteiger partial charge on any atom is 0.239 e. The lowest BCUT2D eigenvalue weighted by molar-refractivity contribution is -0.138. The van der Waals surface area contributed by atoms with Crippen LogP contribution < -0.4 is 15.5 Å². The van der Waals surface area contributed by atoms with Crippen molar-refractivity contribution >= 4 is 23.2 Å². The van der Waals surface area contributed by atoms with Gasteiger partial charge in [0.25, 0.3) is 0 Å². The van der Waals surface area contributed by atoms with Crippen molar-refractivity contribution in [1.82, 2.24) is 5.32 Å². The Kier molecular flexibility index (Phi) is 5.98. The van der Waals surface area contributed by atoms with Crippen molar-refractivity contribution in [2.45, 2.75) is 13.8 Å². The topological polar surface area (TPSA) is 70.7 Å². The molecule has 6 heteroatoms. The van der Waals surface area contributed by atoms with Crippen LogP contribution in [0.2, 0.25) is 0 Å². The largest absolute Gasteiger partial charge is 0.378 e. The van der Waals surface area contributed by atoms with Gasteiger partial charge in [-0.1, -0.05) is 18.2 Å². The van der Waals surface area contributed by atoms with Crippen LogP contribution in [0.4, 0.5) is 11.4 Å². The molecule has 0 atom stereocenters. The summed E-state index contributed by atoms with van der Waals surface area (Å²) in [6, 6.07) is 7.61. The molecule has 1 aliphatic heterocycles. The van der Waals surface area contributed by atoms with Crippen molar-refractivity contribution in [3.8, 4) is 0 Å². The van der Waals surface area contributed by atoms with Gasteiger partial charge in [0.05, 0.1) is 24.6 Å². The minimum absolute atomic E-state index is 0.330.